The van der Waals surface area contributed by atoms with Gasteiger partial charge in [-0.1, -0.05) is 0 Å². The second kappa shape index (κ2) is 6.01. The molecule has 0 aliphatic carbocycles. The van der Waals surface area contributed by atoms with Crippen LogP contribution in [0.5, 0.6) is 5.88 Å². The molecule has 0 saturated heterocycles. The summed E-state index contributed by atoms with van der Waals surface area (Å²) in [5.41, 5.74) is 0.316. The van der Waals surface area contributed by atoms with E-state index in [4.69, 9.17) is 9.15 Å². The average Bonchev–Trinajstić information content (AvgIpc) is 2.98. The number of pyridine rings is 1. The molecule has 1 amide bonds. The zero-order chi connectivity index (χ0) is 13.7. The summed E-state index contributed by atoms with van der Waals surface area (Å²) in [7, 11) is 1.44. The Morgan fingerprint density at radius 2 is 2.37 bits per heavy atom. The van der Waals surface area contributed by atoms with Gasteiger partial charge >= 0.3 is 0 Å². The lowest BCUT2D eigenvalue weighted by Gasteiger charge is -2.10. The molecular weight excluding hydrogens is 248 g/mol. The van der Waals surface area contributed by atoms with Gasteiger partial charge in [0.25, 0.3) is 5.91 Å². The van der Waals surface area contributed by atoms with Crippen molar-refractivity contribution in [2.75, 3.05) is 13.7 Å². The fourth-order valence-electron chi connectivity index (χ4n) is 1.59. The molecule has 0 aromatic carbocycles. The summed E-state index contributed by atoms with van der Waals surface area (Å²) in [5.74, 6) is 0.279. The molecule has 1 unspecified atom stereocenters. The number of aliphatic hydroxyl groups is 1. The van der Waals surface area contributed by atoms with Gasteiger partial charge in [0.2, 0.25) is 5.88 Å². The number of methoxy groups -OCH3 is 1. The van der Waals surface area contributed by atoms with Crippen LogP contribution >= 0.6 is 0 Å². The largest absolute Gasteiger partial charge is 0.480 e. The lowest BCUT2D eigenvalue weighted by molar-refractivity contribution is 0.0897. The van der Waals surface area contributed by atoms with Crippen LogP contribution in [0.1, 0.15) is 22.2 Å². The van der Waals surface area contributed by atoms with Crippen molar-refractivity contribution < 1.29 is 19.1 Å². The maximum absolute atomic E-state index is 11.9. The number of aromatic nitrogens is 1. The molecule has 0 saturated carbocycles. The molecule has 0 bridgehead atoms. The Hall–Kier alpha value is -2.34. The predicted molar refractivity (Wildman–Crippen MR) is 66.8 cm³/mol. The summed E-state index contributed by atoms with van der Waals surface area (Å²) in [6.07, 6.45) is 2.11. The van der Waals surface area contributed by atoms with Gasteiger partial charge in [-0.3, -0.25) is 4.79 Å². The van der Waals surface area contributed by atoms with Gasteiger partial charge in [0.15, 0.2) is 0 Å². The number of hydrogen-bond donors (Lipinski definition) is 2. The molecule has 2 N–H and O–H groups in total. The molecule has 0 aliphatic rings. The van der Waals surface area contributed by atoms with Crippen molar-refractivity contribution in [3.8, 4) is 5.88 Å². The van der Waals surface area contributed by atoms with E-state index in [1.807, 2.05) is 0 Å². The summed E-state index contributed by atoms with van der Waals surface area (Å²) < 4.78 is 10.0. The lowest BCUT2D eigenvalue weighted by atomic mass is 10.2. The number of nitrogens with one attached hydrogen (secondary N) is 1. The van der Waals surface area contributed by atoms with E-state index < -0.39 is 6.10 Å². The minimum Gasteiger partial charge on any atom is -0.480 e. The van der Waals surface area contributed by atoms with Crippen LogP contribution in [-0.4, -0.2) is 29.7 Å². The van der Waals surface area contributed by atoms with Gasteiger partial charge in [0, 0.05) is 6.20 Å². The number of aliphatic hydroxyl groups excluding tert-OH is 1. The fourth-order valence-corrected chi connectivity index (χ4v) is 1.59. The van der Waals surface area contributed by atoms with Crippen molar-refractivity contribution in [1.82, 2.24) is 10.3 Å². The Morgan fingerprint density at radius 1 is 1.53 bits per heavy atom. The molecule has 19 heavy (non-hydrogen) atoms. The number of furan rings is 1. The highest BCUT2D eigenvalue weighted by atomic mass is 16.5. The molecule has 2 aromatic rings. The number of rotatable bonds is 5. The van der Waals surface area contributed by atoms with E-state index in [9.17, 15) is 9.90 Å². The van der Waals surface area contributed by atoms with Gasteiger partial charge < -0.3 is 19.6 Å². The molecule has 1 atom stereocenters. The van der Waals surface area contributed by atoms with Crippen LogP contribution in [0.15, 0.2) is 41.1 Å². The average molecular weight is 262 g/mol. The van der Waals surface area contributed by atoms with E-state index in [0.717, 1.165) is 0 Å². The number of carbonyl (C=O) groups is 1. The number of nitrogens with zero attached hydrogens (tertiary/aromatic N) is 1. The van der Waals surface area contributed by atoms with Gasteiger partial charge in [-0.25, -0.2) is 4.98 Å². The summed E-state index contributed by atoms with van der Waals surface area (Å²) in [6.45, 7) is 0.0460. The third-order valence-corrected chi connectivity index (χ3v) is 2.54. The normalized spacial score (nSPS) is 11.9. The zero-order valence-electron chi connectivity index (χ0n) is 10.4. The smallest absolute Gasteiger partial charge is 0.256 e. The Bertz CT molecular complexity index is 539. The summed E-state index contributed by atoms with van der Waals surface area (Å²) >= 11 is 0. The Kier molecular flexibility index (Phi) is 4.15. The number of amides is 1. The van der Waals surface area contributed by atoms with E-state index in [1.54, 1.807) is 24.3 Å². The van der Waals surface area contributed by atoms with Gasteiger partial charge in [-0.05, 0) is 24.3 Å². The van der Waals surface area contributed by atoms with Crippen molar-refractivity contribution in [2.45, 2.75) is 6.10 Å². The molecule has 0 spiro atoms. The molecule has 0 radical (unpaired) electrons. The maximum atomic E-state index is 11.9. The first-order chi connectivity index (χ1) is 9.22. The summed E-state index contributed by atoms with van der Waals surface area (Å²) in [5, 5.41) is 12.4. The van der Waals surface area contributed by atoms with Crippen LogP contribution in [0.25, 0.3) is 0 Å². The number of carbonyl (C=O) groups excluding carboxylic acids is 1. The first-order valence-corrected chi connectivity index (χ1v) is 5.71. The molecule has 2 aromatic heterocycles. The number of ether oxygens (including phenoxy) is 1. The lowest BCUT2D eigenvalue weighted by Crippen LogP contribution is -2.28. The topological polar surface area (TPSA) is 84.6 Å². The monoisotopic (exact) mass is 262 g/mol. The van der Waals surface area contributed by atoms with Crippen molar-refractivity contribution in [3.05, 3.63) is 48.0 Å². The van der Waals surface area contributed by atoms with E-state index in [1.165, 1.54) is 19.6 Å². The second-order valence-electron chi connectivity index (χ2n) is 3.80. The first-order valence-electron chi connectivity index (χ1n) is 5.71. The molecule has 2 heterocycles. The van der Waals surface area contributed by atoms with Gasteiger partial charge in [-0.15, -0.1) is 0 Å². The third kappa shape index (κ3) is 3.11. The van der Waals surface area contributed by atoms with E-state index in [2.05, 4.69) is 10.3 Å². The number of hydrogen-bond acceptors (Lipinski definition) is 5. The highest BCUT2D eigenvalue weighted by Gasteiger charge is 2.15. The highest BCUT2D eigenvalue weighted by Crippen LogP contribution is 2.15. The van der Waals surface area contributed by atoms with Crippen molar-refractivity contribution in [1.29, 1.82) is 0 Å². The molecule has 2 rings (SSSR count). The van der Waals surface area contributed by atoms with Crippen LogP contribution in [0.4, 0.5) is 0 Å². The SMILES string of the molecule is COc1ncccc1C(=O)NCC(O)c1ccco1. The zero-order valence-corrected chi connectivity index (χ0v) is 10.4. The quantitative estimate of drug-likeness (QED) is 0.844. The second-order valence-corrected chi connectivity index (χ2v) is 3.80. The summed E-state index contributed by atoms with van der Waals surface area (Å²) in [6, 6.07) is 6.55. The summed E-state index contributed by atoms with van der Waals surface area (Å²) in [4.78, 5) is 15.9. The molecular formula is C13H14N2O4. The molecule has 100 valence electrons. The standard InChI is InChI=1S/C13H14N2O4/c1-18-13-9(4-2-6-14-13)12(17)15-8-10(16)11-5-3-7-19-11/h2-7,10,16H,8H2,1H3,(H,15,17). The Morgan fingerprint density at radius 3 is 3.05 bits per heavy atom. The van der Waals surface area contributed by atoms with Crippen LogP contribution in [0.3, 0.4) is 0 Å². The third-order valence-electron chi connectivity index (χ3n) is 2.54. The van der Waals surface area contributed by atoms with Crippen LogP contribution in [-0.2, 0) is 0 Å². The van der Waals surface area contributed by atoms with Crippen molar-refractivity contribution >= 4 is 5.91 Å². The fraction of sp³-hybridized carbons (Fsp3) is 0.231. The van der Waals surface area contributed by atoms with Gasteiger partial charge in [0.1, 0.15) is 17.4 Å². The van der Waals surface area contributed by atoms with E-state index in [-0.39, 0.29) is 18.3 Å². The minimum absolute atomic E-state index is 0.0460. The minimum atomic E-state index is -0.887. The predicted octanol–water partition coefficient (Wildman–Crippen LogP) is 1.15. The van der Waals surface area contributed by atoms with Crippen molar-refractivity contribution in [2.24, 2.45) is 0 Å². The van der Waals surface area contributed by atoms with Gasteiger partial charge in [-0.2, -0.15) is 0 Å². The van der Waals surface area contributed by atoms with Crippen molar-refractivity contribution in [3.63, 3.8) is 0 Å². The van der Waals surface area contributed by atoms with E-state index in [0.29, 0.717) is 11.3 Å². The molecule has 6 heteroatoms. The van der Waals surface area contributed by atoms with Crippen LogP contribution < -0.4 is 10.1 Å². The van der Waals surface area contributed by atoms with Crippen LogP contribution in [0, 0.1) is 0 Å². The maximum Gasteiger partial charge on any atom is 0.256 e. The Labute approximate surface area is 110 Å². The molecule has 0 aliphatic heterocycles. The first kappa shape index (κ1) is 13.1. The highest BCUT2D eigenvalue weighted by molar-refractivity contribution is 5.96. The Balaban J connectivity index is 1.98. The van der Waals surface area contributed by atoms with Gasteiger partial charge in [0.05, 0.1) is 19.9 Å². The molecule has 0 fully saturated rings. The van der Waals surface area contributed by atoms with Crippen LogP contribution in [0.2, 0.25) is 0 Å². The van der Waals surface area contributed by atoms with E-state index >= 15 is 0 Å². The molecule has 6 nitrogen and oxygen atoms in total.